The predicted octanol–water partition coefficient (Wildman–Crippen LogP) is 4.61. The molecule has 0 unspecified atom stereocenters. The van der Waals surface area contributed by atoms with Gasteiger partial charge in [0.25, 0.3) is 0 Å². The molecule has 28 heavy (non-hydrogen) atoms. The molecule has 0 bridgehead atoms. The molecule has 1 heterocycles. The molecule has 1 aliphatic carbocycles. The first-order valence-corrected chi connectivity index (χ1v) is 9.76. The number of Topliss-reactive ketones (excluding diaryl/α,β-unsaturated/α-hetero) is 1. The predicted molar refractivity (Wildman–Crippen MR) is 108 cm³/mol. The van der Waals surface area contributed by atoms with Gasteiger partial charge in [0.1, 0.15) is 0 Å². The Balaban J connectivity index is 2.11. The molecular formula is C23H28N2O3. The zero-order valence-corrected chi connectivity index (χ0v) is 17.3. The van der Waals surface area contributed by atoms with Crippen molar-refractivity contribution in [2.45, 2.75) is 52.9 Å². The van der Waals surface area contributed by atoms with Crippen LogP contribution in [-0.2, 0) is 4.79 Å². The fourth-order valence-corrected chi connectivity index (χ4v) is 4.11. The van der Waals surface area contributed by atoms with Gasteiger partial charge in [0.2, 0.25) is 0 Å². The van der Waals surface area contributed by atoms with E-state index >= 15 is 0 Å². The summed E-state index contributed by atoms with van der Waals surface area (Å²) >= 11 is 0. The van der Waals surface area contributed by atoms with Crippen molar-refractivity contribution >= 4 is 5.78 Å². The molecule has 0 radical (unpaired) electrons. The second kappa shape index (κ2) is 7.71. The van der Waals surface area contributed by atoms with Crippen LogP contribution in [0.4, 0.5) is 0 Å². The summed E-state index contributed by atoms with van der Waals surface area (Å²) in [7, 11) is 1.60. The van der Waals surface area contributed by atoms with Crippen molar-refractivity contribution in [1.29, 1.82) is 5.26 Å². The SMILES string of the molecule is CCCOc1ccc([C@H]2C(C#N)=C(C)NC3=C2C(=O)CC(C)(C)C3)cc1OC. The van der Waals surface area contributed by atoms with Gasteiger partial charge in [0, 0.05) is 23.4 Å². The molecule has 1 N–H and O–H groups in total. The largest absolute Gasteiger partial charge is 0.493 e. The zero-order chi connectivity index (χ0) is 20.5. The third-order valence-corrected chi connectivity index (χ3v) is 5.34. The maximum atomic E-state index is 13.1. The second-order valence-electron chi connectivity index (χ2n) is 8.30. The van der Waals surface area contributed by atoms with E-state index in [-0.39, 0.29) is 17.1 Å². The lowest BCUT2D eigenvalue weighted by atomic mass is 9.69. The van der Waals surface area contributed by atoms with E-state index < -0.39 is 0 Å². The number of allylic oxidation sites excluding steroid dienone is 4. The molecule has 0 amide bonds. The van der Waals surface area contributed by atoms with Crippen LogP contribution in [0.2, 0.25) is 0 Å². The number of nitrogens with zero attached hydrogens (tertiary/aromatic N) is 1. The number of carbonyl (C=O) groups is 1. The van der Waals surface area contributed by atoms with Crippen LogP contribution in [-0.4, -0.2) is 19.5 Å². The molecule has 0 spiro atoms. The van der Waals surface area contributed by atoms with Crippen molar-refractivity contribution in [3.63, 3.8) is 0 Å². The highest BCUT2D eigenvalue weighted by molar-refractivity contribution is 6.00. The highest BCUT2D eigenvalue weighted by Crippen LogP contribution is 2.47. The quantitative estimate of drug-likeness (QED) is 0.807. The number of ether oxygens (including phenoxy) is 2. The van der Waals surface area contributed by atoms with E-state index in [1.54, 1.807) is 7.11 Å². The van der Waals surface area contributed by atoms with Crippen molar-refractivity contribution in [2.24, 2.45) is 5.41 Å². The van der Waals surface area contributed by atoms with Crippen molar-refractivity contribution < 1.29 is 14.3 Å². The molecule has 148 valence electrons. The van der Waals surface area contributed by atoms with Crippen LogP contribution in [0, 0.1) is 16.7 Å². The van der Waals surface area contributed by atoms with Crippen molar-refractivity contribution in [2.75, 3.05) is 13.7 Å². The molecular weight excluding hydrogens is 352 g/mol. The number of methoxy groups -OCH3 is 1. The Morgan fingerprint density at radius 1 is 1.29 bits per heavy atom. The maximum Gasteiger partial charge on any atom is 0.162 e. The van der Waals surface area contributed by atoms with Gasteiger partial charge in [-0.15, -0.1) is 0 Å². The lowest BCUT2D eigenvalue weighted by Gasteiger charge is -2.38. The second-order valence-corrected chi connectivity index (χ2v) is 8.30. The molecule has 1 atom stereocenters. The highest BCUT2D eigenvalue weighted by atomic mass is 16.5. The van der Waals surface area contributed by atoms with Gasteiger partial charge in [-0.2, -0.15) is 5.26 Å². The highest BCUT2D eigenvalue weighted by Gasteiger charge is 2.41. The van der Waals surface area contributed by atoms with Gasteiger partial charge in [-0.05, 0) is 42.9 Å². The molecule has 0 aromatic heterocycles. The van der Waals surface area contributed by atoms with Crippen LogP contribution in [0.5, 0.6) is 11.5 Å². The summed E-state index contributed by atoms with van der Waals surface area (Å²) in [5.74, 6) is 1.02. The number of ketones is 1. The molecule has 0 fully saturated rings. The van der Waals surface area contributed by atoms with Crippen LogP contribution < -0.4 is 14.8 Å². The van der Waals surface area contributed by atoms with Crippen LogP contribution in [0.15, 0.2) is 40.7 Å². The number of carbonyl (C=O) groups excluding carboxylic acids is 1. The van der Waals surface area contributed by atoms with Crippen molar-refractivity contribution in [1.82, 2.24) is 5.32 Å². The molecule has 2 aliphatic rings. The Morgan fingerprint density at radius 2 is 2.04 bits per heavy atom. The lowest BCUT2D eigenvalue weighted by molar-refractivity contribution is -0.118. The minimum absolute atomic E-state index is 0.0898. The van der Waals surface area contributed by atoms with Gasteiger partial charge < -0.3 is 14.8 Å². The molecule has 0 saturated heterocycles. The van der Waals surface area contributed by atoms with E-state index in [2.05, 4.69) is 25.2 Å². The number of rotatable bonds is 5. The Hall–Kier alpha value is -2.74. The fourth-order valence-electron chi connectivity index (χ4n) is 4.11. The van der Waals surface area contributed by atoms with Crippen LogP contribution in [0.25, 0.3) is 0 Å². The number of hydrogen-bond donors (Lipinski definition) is 1. The van der Waals surface area contributed by atoms with Gasteiger partial charge in [0.15, 0.2) is 17.3 Å². The zero-order valence-electron chi connectivity index (χ0n) is 17.3. The molecule has 5 heteroatoms. The number of nitriles is 1. The first-order valence-electron chi connectivity index (χ1n) is 9.76. The summed E-state index contributed by atoms with van der Waals surface area (Å²) in [5, 5.41) is 13.2. The third-order valence-electron chi connectivity index (χ3n) is 5.34. The standard InChI is InChI=1S/C23H28N2O3/c1-6-9-28-19-8-7-15(10-20(19)27-5)21-16(13-24)14(2)25-17-11-23(3,4)12-18(26)22(17)21/h7-8,10,21,25H,6,9,11-12H2,1-5H3/t21-/m0/s1. The average molecular weight is 380 g/mol. The van der Waals surface area contributed by atoms with Gasteiger partial charge in [0.05, 0.1) is 31.3 Å². The number of hydrogen-bond acceptors (Lipinski definition) is 5. The lowest BCUT2D eigenvalue weighted by Crippen LogP contribution is -2.36. The van der Waals surface area contributed by atoms with E-state index in [1.165, 1.54) is 0 Å². The molecule has 0 saturated carbocycles. The van der Waals surface area contributed by atoms with Gasteiger partial charge in [-0.25, -0.2) is 0 Å². The minimum atomic E-state index is -0.376. The minimum Gasteiger partial charge on any atom is -0.493 e. The summed E-state index contributed by atoms with van der Waals surface area (Å²) in [6.45, 7) is 8.76. The fraction of sp³-hybridized carbons (Fsp3) is 0.478. The summed E-state index contributed by atoms with van der Waals surface area (Å²) in [5.41, 5.74) is 3.82. The molecule has 3 rings (SSSR count). The van der Waals surface area contributed by atoms with Crippen LogP contribution >= 0.6 is 0 Å². The first kappa shape index (κ1) is 20.0. The number of nitrogens with one attached hydrogen (secondary N) is 1. The van der Waals surface area contributed by atoms with E-state index in [1.807, 2.05) is 32.0 Å². The Bertz CT molecular complexity index is 903. The van der Waals surface area contributed by atoms with Gasteiger partial charge in [-0.1, -0.05) is 26.8 Å². The van der Waals surface area contributed by atoms with Crippen LogP contribution in [0.1, 0.15) is 58.4 Å². The van der Waals surface area contributed by atoms with Gasteiger partial charge in [-0.3, -0.25) is 4.79 Å². The molecule has 5 nitrogen and oxygen atoms in total. The number of dihydropyridines is 1. The maximum absolute atomic E-state index is 13.1. The summed E-state index contributed by atoms with van der Waals surface area (Å²) in [6.07, 6.45) is 2.17. The Morgan fingerprint density at radius 3 is 2.68 bits per heavy atom. The summed E-state index contributed by atoms with van der Waals surface area (Å²) in [6, 6.07) is 8.02. The smallest absolute Gasteiger partial charge is 0.162 e. The van der Waals surface area contributed by atoms with E-state index in [9.17, 15) is 10.1 Å². The van der Waals surface area contributed by atoms with Crippen LogP contribution in [0.3, 0.4) is 0 Å². The Labute approximate surface area is 167 Å². The molecule has 1 aliphatic heterocycles. The van der Waals surface area contributed by atoms with E-state index in [0.717, 1.165) is 29.8 Å². The first-order chi connectivity index (χ1) is 13.3. The Kier molecular flexibility index (Phi) is 5.51. The third kappa shape index (κ3) is 3.64. The topological polar surface area (TPSA) is 71.3 Å². The summed E-state index contributed by atoms with van der Waals surface area (Å²) in [4.78, 5) is 13.1. The average Bonchev–Trinajstić information content (AvgIpc) is 2.64. The van der Waals surface area contributed by atoms with Crippen molar-refractivity contribution in [3.8, 4) is 17.6 Å². The van der Waals surface area contributed by atoms with Gasteiger partial charge >= 0.3 is 0 Å². The number of benzene rings is 1. The van der Waals surface area contributed by atoms with E-state index in [4.69, 9.17) is 9.47 Å². The monoisotopic (exact) mass is 380 g/mol. The molecule has 1 aromatic carbocycles. The molecule has 1 aromatic rings. The normalized spacial score (nSPS) is 21.0. The summed E-state index contributed by atoms with van der Waals surface area (Å²) < 4.78 is 11.3. The van der Waals surface area contributed by atoms with E-state index in [0.29, 0.717) is 35.7 Å². The van der Waals surface area contributed by atoms with Crippen molar-refractivity contribution in [3.05, 3.63) is 46.3 Å².